The molecule has 0 spiro atoms. The summed E-state index contributed by atoms with van der Waals surface area (Å²) in [6.45, 7) is 0.291. The minimum atomic E-state index is -0.335. The Balaban J connectivity index is 1.92. The molecular formula is C20H17FO2. The molecule has 3 heteroatoms. The number of rotatable bonds is 5. The molecule has 3 aromatic carbocycles. The molecule has 0 heterocycles. The molecular weight excluding hydrogens is 291 g/mol. The van der Waals surface area contributed by atoms with Crippen LogP contribution in [0.2, 0.25) is 0 Å². The summed E-state index contributed by atoms with van der Waals surface area (Å²) >= 11 is 0. The number of para-hydroxylation sites is 1. The first-order valence-corrected chi connectivity index (χ1v) is 7.43. The molecule has 0 unspecified atom stereocenters. The Labute approximate surface area is 134 Å². The maximum Gasteiger partial charge on any atom is 0.131 e. The van der Waals surface area contributed by atoms with Crippen LogP contribution in [0.1, 0.15) is 11.1 Å². The van der Waals surface area contributed by atoms with Crippen LogP contribution in [0.15, 0.2) is 72.8 Å². The normalized spacial score (nSPS) is 10.5. The van der Waals surface area contributed by atoms with Gasteiger partial charge in [-0.1, -0.05) is 54.6 Å². The van der Waals surface area contributed by atoms with Gasteiger partial charge in [-0.25, -0.2) is 4.39 Å². The van der Waals surface area contributed by atoms with Gasteiger partial charge in [0.2, 0.25) is 0 Å². The van der Waals surface area contributed by atoms with Crippen molar-refractivity contribution in [1.82, 2.24) is 0 Å². The molecule has 0 bridgehead atoms. The summed E-state index contributed by atoms with van der Waals surface area (Å²) in [5.41, 5.74) is 2.82. The van der Waals surface area contributed by atoms with E-state index >= 15 is 0 Å². The standard InChI is InChI=1S/C20H17FO2/c21-19-11-10-16(13-22)12-18(19)17-8-4-5-9-20(17)23-14-15-6-2-1-3-7-15/h1-12,22H,13-14H2. The van der Waals surface area contributed by atoms with E-state index in [1.807, 2.05) is 54.6 Å². The fourth-order valence-electron chi connectivity index (χ4n) is 2.43. The summed E-state index contributed by atoms with van der Waals surface area (Å²) in [5.74, 6) is 0.281. The molecule has 0 atom stereocenters. The van der Waals surface area contributed by atoms with Crippen molar-refractivity contribution in [2.45, 2.75) is 13.2 Å². The molecule has 3 rings (SSSR count). The lowest BCUT2D eigenvalue weighted by Crippen LogP contribution is -1.98. The van der Waals surface area contributed by atoms with Gasteiger partial charge >= 0.3 is 0 Å². The van der Waals surface area contributed by atoms with E-state index in [9.17, 15) is 9.50 Å². The van der Waals surface area contributed by atoms with Gasteiger partial charge in [0.05, 0.1) is 6.61 Å². The maximum absolute atomic E-state index is 14.2. The molecule has 116 valence electrons. The van der Waals surface area contributed by atoms with Crippen molar-refractivity contribution in [3.8, 4) is 16.9 Å². The summed E-state index contributed by atoms with van der Waals surface area (Å²) in [4.78, 5) is 0. The summed E-state index contributed by atoms with van der Waals surface area (Å²) in [7, 11) is 0. The Bertz CT molecular complexity index is 785. The first-order valence-electron chi connectivity index (χ1n) is 7.43. The average Bonchev–Trinajstić information content (AvgIpc) is 2.62. The molecule has 0 radical (unpaired) electrons. The first-order chi connectivity index (χ1) is 11.3. The van der Waals surface area contributed by atoms with E-state index < -0.39 is 0 Å². The van der Waals surface area contributed by atoms with E-state index in [0.29, 0.717) is 29.0 Å². The number of halogens is 1. The summed E-state index contributed by atoms with van der Waals surface area (Å²) in [6, 6.07) is 21.8. The summed E-state index contributed by atoms with van der Waals surface area (Å²) < 4.78 is 20.1. The van der Waals surface area contributed by atoms with Crippen molar-refractivity contribution in [1.29, 1.82) is 0 Å². The third-order valence-corrected chi connectivity index (χ3v) is 3.63. The van der Waals surface area contributed by atoms with Crippen LogP contribution in [0.25, 0.3) is 11.1 Å². The monoisotopic (exact) mass is 308 g/mol. The average molecular weight is 308 g/mol. The van der Waals surface area contributed by atoms with Crippen LogP contribution in [-0.2, 0) is 13.2 Å². The van der Waals surface area contributed by atoms with Gasteiger partial charge in [0, 0.05) is 11.1 Å². The zero-order chi connectivity index (χ0) is 16.1. The molecule has 0 aliphatic carbocycles. The lowest BCUT2D eigenvalue weighted by molar-refractivity contribution is 0.281. The zero-order valence-corrected chi connectivity index (χ0v) is 12.6. The summed E-state index contributed by atoms with van der Waals surface area (Å²) in [6.07, 6.45) is 0. The highest BCUT2D eigenvalue weighted by Crippen LogP contribution is 2.32. The Morgan fingerprint density at radius 2 is 1.52 bits per heavy atom. The number of hydrogen-bond acceptors (Lipinski definition) is 2. The van der Waals surface area contributed by atoms with Crippen molar-refractivity contribution < 1.29 is 14.2 Å². The highest BCUT2D eigenvalue weighted by molar-refractivity contribution is 5.71. The Morgan fingerprint density at radius 1 is 0.783 bits per heavy atom. The van der Waals surface area contributed by atoms with E-state index in [4.69, 9.17) is 4.74 Å². The first kappa shape index (κ1) is 15.3. The van der Waals surface area contributed by atoms with Crippen LogP contribution < -0.4 is 4.74 Å². The van der Waals surface area contributed by atoms with Crippen molar-refractivity contribution >= 4 is 0 Å². The lowest BCUT2D eigenvalue weighted by Gasteiger charge is -2.13. The largest absolute Gasteiger partial charge is 0.488 e. The van der Waals surface area contributed by atoms with E-state index in [2.05, 4.69) is 0 Å². The number of hydrogen-bond donors (Lipinski definition) is 1. The Hall–Kier alpha value is -2.65. The second-order valence-electron chi connectivity index (χ2n) is 5.24. The number of ether oxygens (including phenoxy) is 1. The van der Waals surface area contributed by atoms with Crippen molar-refractivity contribution in [3.05, 3.63) is 89.7 Å². The van der Waals surface area contributed by atoms with Crippen LogP contribution >= 0.6 is 0 Å². The SMILES string of the molecule is OCc1ccc(F)c(-c2ccccc2OCc2ccccc2)c1. The van der Waals surface area contributed by atoms with Gasteiger partial charge in [-0.2, -0.15) is 0 Å². The highest BCUT2D eigenvalue weighted by Gasteiger charge is 2.11. The second kappa shape index (κ2) is 7.07. The molecule has 2 nitrogen and oxygen atoms in total. The topological polar surface area (TPSA) is 29.5 Å². The Morgan fingerprint density at radius 3 is 2.30 bits per heavy atom. The maximum atomic E-state index is 14.2. The molecule has 0 aliphatic heterocycles. The van der Waals surface area contributed by atoms with E-state index in [1.54, 1.807) is 12.1 Å². The van der Waals surface area contributed by atoms with Crippen molar-refractivity contribution in [3.63, 3.8) is 0 Å². The molecule has 0 amide bonds. The van der Waals surface area contributed by atoms with Crippen LogP contribution in [0.3, 0.4) is 0 Å². The number of benzene rings is 3. The van der Waals surface area contributed by atoms with Gasteiger partial charge in [-0.05, 0) is 29.3 Å². The smallest absolute Gasteiger partial charge is 0.131 e. The fraction of sp³-hybridized carbons (Fsp3) is 0.100. The van der Waals surface area contributed by atoms with Crippen LogP contribution in [0.5, 0.6) is 5.75 Å². The van der Waals surface area contributed by atoms with E-state index in [1.165, 1.54) is 6.07 Å². The number of aliphatic hydroxyl groups excluding tert-OH is 1. The minimum absolute atomic E-state index is 0.125. The predicted octanol–water partition coefficient (Wildman–Crippen LogP) is 4.56. The summed E-state index contributed by atoms with van der Waals surface area (Å²) in [5, 5.41) is 9.27. The van der Waals surface area contributed by atoms with Crippen LogP contribution in [-0.4, -0.2) is 5.11 Å². The molecule has 0 aliphatic rings. The van der Waals surface area contributed by atoms with E-state index in [-0.39, 0.29) is 12.4 Å². The number of aliphatic hydroxyl groups is 1. The van der Waals surface area contributed by atoms with Crippen molar-refractivity contribution in [2.75, 3.05) is 0 Å². The van der Waals surface area contributed by atoms with E-state index in [0.717, 1.165) is 5.56 Å². The quantitative estimate of drug-likeness (QED) is 0.748. The van der Waals surface area contributed by atoms with Gasteiger partial charge < -0.3 is 9.84 Å². The molecule has 0 aromatic heterocycles. The van der Waals surface area contributed by atoms with Crippen LogP contribution in [0.4, 0.5) is 4.39 Å². The second-order valence-corrected chi connectivity index (χ2v) is 5.24. The highest BCUT2D eigenvalue weighted by atomic mass is 19.1. The van der Waals surface area contributed by atoms with Crippen molar-refractivity contribution in [2.24, 2.45) is 0 Å². The van der Waals surface area contributed by atoms with Gasteiger partial charge in [0.25, 0.3) is 0 Å². The minimum Gasteiger partial charge on any atom is -0.488 e. The molecule has 0 saturated carbocycles. The molecule has 3 aromatic rings. The predicted molar refractivity (Wildman–Crippen MR) is 88.5 cm³/mol. The fourth-order valence-corrected chi connectivity index (χ4v) is 2.43. The zero-order valence-electron chi connectivity index (χ0n) is 12.6. The Kier molecular flexibility index (Phi) is 4.69. The van der Waals surface area contributed by atoms with Gasteiger partial charge in [-0.15, -0.1) is 0 Å². The molecule has 23 heavy (non-hydrogen) atoms. The lowest BCUT2D eigenvalue weighted by atomic mass is 10.0. The van der Waals surface area contributed by atoms with Gasteiger partial charge in [0.1, 0.15) is 18.2 Å². The molecule has 0 fully saturated rings. The van der Waals surface area contributed by atoms with Gasteiger partial charge in [-0.3, -0.25) is 0 Å². The third kappa shape index (κ3) is 3.58. The van der Waals surface area contributed by atoms with Crippen LogP contribution in [0, 0.1) is 5.82 Å². The van der Waals surface area contributed by atoms with Gasteiger partial charge in [0.15, 0.2) is 0 Å². The third-order valence-electron chi connectivity index (χ3n) is 3.63. The molecule has 0 saturated heterocycles. The molecule has 1 N–H and O–H groups in total.